The lowest BCUT2D eigenvalue weighted by Gasteiger charge is -2.29. The van der Waals surface area contributed by atoms with Gasteiger partial charge in [-0.15, -0.1) is 0 Å². The summed E-state index contributed by atoms with van der Waals surface area (Å²) in [5.74, 6) is 0.101. The molecule has 2 nitrogen and oxygen atoms in total. The Morgan fingerprint density at radius 1 is 1.00 bits per heavy atom. The van der Waals surface area contributed by atoms with Crippen molar-refractivity contribution in [3.63, 3.8) is 0 Å². The molecule has 0 saturated carbocycles. The molecule has 2 heteroatoms. The van der Waals surface area contributed by atoms with Gasteiger partial charge in [0.15, 0.2) is 0 Å². The average molecular weight is 267 g/mol. The fourth-order valence-corrected chi connectivity index (χ4v) is 2.17. The second kappa shape index (κ2) is 6.90. The van der Waals surface area contributed by atoms with Crippen LogP contribution in [-0.4, -0.2) is 16.8 Å². The van der Waals surface area contributed by atoms with Gasteiger partial charge in [0.1, 0.15) is 0 Å². The van der Waals surface area contributed by atoms with Gasteiger partial charge in [0.2, 0.25) is 0 Å². The van der Waals surface area contributed by atoms with Gasteiger partial charge in [-0.2, -0.15) is 0 Å². The highest BCUT2D eigenvalue weighted by Crippen LogP contribution is 2.15. The van der Waals surface area contributed by atoms with E-state index in [1.54, 1.807) is 0 Å². The van der Waals surface area contributed by atoms with Crippen LogP contribution in [0, 0.1) is 0 Å². The summed E-state index contributed by atoms with van der Waals surface area (Å²) in [5.41, 5.74) is 1.92. The third-order valence-corrected chi connectivity index (χ3v) is 3.60. The highest BCUT2D eigenvalue weighted by molar-refractivity contribution is 5.94. The van der Waals surface area contributed by atoms with E-state index in [9.17, 15) is 4.79 Å². The molecule has 0 aliphatic rings. The molecule has 20 heavy (non-hydrogen) atoms. The highest BCUT2D eigenvalue weighted by atomic mass is 16.2. The van der Waals surface area contributed by atoms with Gasteiger partial charge < -0.3 is 4.90 Å². The molecule has 0 aromatic heterocycles. The van der Waals surface area contributed by atoms with Crippen LogP contribution in [-0.2, 0) is 6.54 Å². The van der Waals surface area contributed by atoms with E-state index < -0.39 is 0 Å². The van der Waals surface area contributed by atoms with Crippen molar-refractivity contribution in [2.45, 2.75) is 32.9 Å². The van der Waals surface area contributed by atoms with Crippen LogP contribution in [0.25, 0.3) is 0 Å². The van der Waals surface area contributed by atoms with Crippen molar-refractivity contribution in [1.82, 2.24) is 4.90 Å². The van der Waals surface area contributed by atoms with Crippen LogP contribution >= 0.6 is 0 Å². The third kappa shape index (κ3) is 3.47. The highest BCUT2D eigenvalue weighted by Gasteiger charge is 2.20. The number of rotatable bonds is 5. The maximum atomic E-state index is 12.7. The Hall–Kier alpha value is -2.09. The van der Waals surface area contributed by atoms with Gasteiger partial charge in [0.25, 0.3) is 5.91 Å². The number of hydrogen-bond acceptors (Lipinski definition) is 1. The van der Waals surface area contributed by atoms with Crippen molar-refractivity contribution in [1.29, 1.82) is 0 Å². The van der Waals surface area contributed by atoms with Gasteiger partial charge in [0, 0.05) is 18.2 Å². The normalized spacial score (nSPS) is 11.9. The number of carbonyl (C=O) groups excluding carboxylic acids is 1. The minimum atomic E-state index is 0.101. The number of benzene rings is 2. The van der Waals surface area contributed by atoms with Gasteiger partial charge in [-0.05, 0) is 31.0 Å². The Morgan fingerprint density at radius 2 is 1.55 bits per heavy atom. The standard InChI is InChI=1S/C18H21NO/c1-3-15(2)19(14-16-10-6-4-7-11-16)18(20)17-12-8-5-9-13-17/h4-13,15H,3,14H2,1-2H3. The first-order chi connectivity index (χ1) is 9.72. The molecule has 2 aromatic carbocycles. The monoisotopic (exact) mass is 267 g/mol. The largest absolute Gasteiger partial charge is 0.332 e. The molecular weight excluding hydrogens is 246 g/mol. The van der Waals surface area contributed by atoms with Gasteiger partial charge >= 0.3 is 0 Å². The van der Waals surface area contributed by atoms with Crippen LogP contribution in [0.4, 0.5) is 0 Å². The fourth-order valence-electron chi connectivity index (χ4n) is 2.17. The zero-order valence-electron chi connectivity index (χ0n) is 12.1. The molecule has 1 atom stereocenters. The first kappa shape index (κ1) is 14.3. The van der Waals surface area contributed by atoms with E-state index in [0.717, 1.165) is 17.5 Å². The van der Waals surface area contributed by atoms with Crippen molar-refractivity contribution >= 4 is 5.91 Å². The third-order valence-electron chi connectivity index (χ3n) is 3.60. The van der Waals surface area contributed by atoms with Gasteiger partial charge in [-0.25, -0.2) is 0 Å². The predicted octanol–water partition coefficient (Wildman–Crippen LogP) is 4.13. The van der Waals surface area contributed by atoms with E-state index in [2.05, 4.69) is 26.0 Å². The van der Waals surface area contributed by atoms with Crippen LogP contribution in [0.2, 0.25) is 0 Å². The average Bonchev–Trinajstić information content (AvgIpc) is 2.53. The summed E-state index contributed by atoms with van der Waals surface area (Å²) in [7, 11) is 0. The lowest BCUT2D eigenvalue weighted by Crippen LogP contribution is -2.37. The van der Waals surface area contributed by atoms with Crippen molar-refractivity contribution < 1.29 is 4.79 Å². The maximum absolute atomic E-state index is 12.7. The molecule has 0 fully saturated rings. The molecule has 2 aromatic rings. The minimum Gasteiger partial charge on any atom is -0.332 e. The molecule has 0 N–H and O–H groups in total. The number of carbonyl (C=O) groups is 1. The molecule has 1 unspecified atom stereocenters. The van der Waals surface area contributed by atoms with Crippen LogP contribution < -0.4 is 0 Å². The van der Waals surface area contributed by atoms with Gasteiger partial charge in [0.05, 0.1) is 0 Å². The Morgan fingerprint density at radius 3 is 2.10 bits per heavy atom. The summed E-state index contributed by atoms with van der Waals surface area (Å²) < 4.78 is 0. The topological polar surface area (TPSA) is 20.3 Å². The zero-order chi connectivity index (χ0) is 14.4. The van der Waals surface area contributed by atoms with Gasteiger partial charge in [-0.3, -0.25) is 4.79 Å². The molecule has 0 aliphatic heterocycles. The van der Waals surface area contributed by atoms with E-state index in [4.69, 9.17) is 0 Å². The zero-order valence-corrected chi connectivity index (χ0v) is 12.1. The smallest absolute Gasteiger partial charge is 0.254 e. The minimum absolute atomic E-state index is 0.101. The molecule has 104 valence electrons. The Bertz CT molecular complexity index is 536. The molecule has 0 heterocycles. The van der Waals surface area contributed by atoms with E-state index in [1.165, 1.54) is 0 Å². The number of hydrogen-bond donors (Lipinski definition) is 0. The summed E-state index contributed by atoms with van der Waals surface area (Å²) >= 11 is 0. The summed E-state index contributed by atoms with van der Waals surface area (Å²) in [5, 5.41) is 0. The van der Waals surface area contributed by atoms with E-state index in [1.807, 2.05) is 53.4 Å². The molecular formula is C18H21NO. The van der Waals surface area contributed by atoms with Crippen LogP contribution in [0.15, 0.2) is 60.7 Å². The first-order valence-electron chi connectivity index (χ1n) is 7.12. The second-order valence-corrected chi connectivity index (χ2v) is 5.04. The predicted molar refractivity (Wildman–Crippen MR) is 82.5 cm³/mol. The van der Waals surface area contributed by atoms with Crippen LogP contribution in [0.5, 0.6) is 0 Å². The Balaban J connectivity index is 2.22. The molecule has 0 aliphatic carbocycles. The van der Waals surface area contributed by atoms with E-state index in [-0.39, 0.29) is 11.9 Å². The number of amides is 1. The van der Waals surface area contributed by atoms with Crippen molar-refractivity contribution in [3.8, 4) is 0 Å². The Labute approximate surface area is 121 Å². The molecule has 0 saturated heterocycles. The van der Waals surface area contributed by atoms with E-state index >= 15 is 0 Å². The maximum Gasteiger partial charge on any atom is 0.254 e. The fraction of sp³-hybridized carbons (Fsp3) is 0.278. The summed E-state index contributed by atoms with van der Waals surface area (Å²) in [6.45, 7) is 4.87. The Kier molecular flexibility index (Phi) is 4.94. The first-order valence-corrected chi connectivity index (χ1v) is 7.12. The summed E-state index contributed by atoms with van der Waals surface area (Å²) in [4.78, 5) is 14.6. The molecule has 2 rings (SSSR count). The van der Waals surface area contributed by atoms with Crippen LogP contribution in [0.1, 0.15) is 36.2 Å². The lowest BCUT2D eigenvalue weighted by atomic mass is 10.1. The summed E-state index contributed by atoms with van der Waals surface area (Å²) in [6.07, 6.45) is 0.950. The van der Waals surface area contributed by atoms with Crippen LogP contribution in [0.3, 0.4) is 0 Å². The molecule has 0 radical (unpaired) electrons. The molecule has 0 bridgehead atoms. The van der Waals surface area contributed by atoms with E-state index in [0.29, 0.717) is 6.54 Å². The molecule has 0 spiro atoms. The van der Waals surface area contributed by atoms with Gasteiger partial charge in [-0.1, -0.05) is 55.5 Å². The summed E-state index contributed by atoms with van der Waals surface area (Å²) in [6, 6.07) is 19.9. The second-order valence-electron chi connectivity index (χ2n) is 5.04. The van der Waals surface area contributed by atoms with Crippen molar-refractivity contribution in [2.75, 3.05) is 0 Å². The quantitative estimate of drug-likeness (QED) is 0.797. The molecule has 1 amide bonds. The van der Waals surface area contributed by atoms with Crippen molar-refractivity contribution in [3.05, 3.63) is 71.8 Å². The number of nitrogens with zero attached hydrogens (tertiary/aromatic N) is 1. The van der Waals surface area contributed by atoms with Crippen molar-refractivity contribution in [2.24, 2.45) is 0 Å². The SMILES string of the molecule is CCC(C)N(Cc1ccccc1)C(=O)c1ccccc1. The lowest BCUT2D eigenvalue weighted by molar-refractivity contribution is 0.0671.